The van der Waals surface area contributed by atoms with Crippen LogP contribution in [0.25, 0.3) is 11.4 Å². The number of nitrogens with one attached hydrogen (secondary N) is 2. The predicted molar refractivity (Wildman–Crippen MR) is 164 cm³/mol. The van der Waals surface area contributed by atoms with Gasteiger partial charge in [-0.3, -0.25) is 9.69 Å². The summed E-state index contributed by atoms with van der Waals surface area (Å²) in [7, 11) is 3.87. The highest BCUT2D eigenvalue weighted by molar-refractivity contribution is 5.97. The first kappa shape index (κ1) is 29.1. The number of nitrogens with two attached hydrogens (primary N) is 1. The van der Waals surface area contributed by atoms with Crippen LogP contribution >= 0.6 is 0 Å². The zero-order valence-electron chi connectivity index (χ0n) is 24.9. The van der Waals surface area contributed by atoms with Gasteiger partial charge >= 0.3 is 0 Å². The Labute approximate surface area is 251 Å². The number of oxazole rings is 1. The number of hydrogen-bond donors (Lipinski definition) is 3. The van der Waals surface area contributed by atoms with Crippen molar-refractivity contribution >= 4 is 28.9 Å². The molecule has 3 aromatic rings. The third kappa shape index (κ3) is 6.68. The van der Waals surface area contributed by atoms with Gasteiger partial charge in [-0.25, -0.2) is 15.0 Å². The van der Waals surface area contributed by atoms with Gasteiger partial charge < -0.3 is 40.1 Å². The molecular formula is C30H41N9O4. The number of likely N-dealkylation sites (N-methyl/N-ethyl adjacent to an activating group) is 1. The van der Waals surface area contributed by atoms with Gasteiger partial charge in [0.2, 0.25) is 0 Å². The average molecular weight is 592 g/mol. The van der Waals surface area contributed by atoms with E-state index < -0.39 is 5.91 Å². The molecule has 3 fully saturated rings. The van der Waals surface area contributed by atoms with Crippen LogP contribution in [0.4, 0.5) is 23.0 Å². The van der Waals surface area contributed by atoms with Gasteiger partial charge in [-0.15, -0.1) is 0 Å². The quantitative estimate of drug-likeness (QED) is 0.336. The molecule has 13 nitrogen and oxygen atoms in total. The third-order valence-corrected chi connectivity index (χ3v) is 8.67. The van der Waals surface area contributed by atoms with E-state index in [4.69, 9.17) is 24.6 Å². The van der Waals surface area contributed by atoms with Gasteiger partial charge in [0, 0.05) is 76.3 Å². The van der Waals surface area contributed by atoms with Crippen molar-refractivity contribution in [3.8, 4) is 17.1 Å². The van der Waals surface area contributed by atoms with Gasteiger partial charge in [-0.2, -0.15) is 0 Å². The van der Waals surface area contributed by atoms with E-state index >= 15 is 0 Å². The Morgan fingerprint density at radius 3 is 2.47 bits per heavy atom. The highest BCUT2D eigenvalue weighted by Gasteiger charge is 2.28. The number of aromatic nitrogens is 3. The molecule has 5 heterocycles. The first-order valence-corrected chi connectivity index (χ1v) is 15.1. The Kier molecular flexibility index (Phi) is 8.91. The van der Waals surface area contributed by atoms with Gasteiger partial charge in [0.05, 0.1) is 12.8 Å². The topological polar surface area (TPSA) is 147 Å². The van der Waals surface area contributed by atoms with E-state index in [1.165, 1.54) is 12.7 Å². The molecule has 3 aliphatic heterocycles. The summed E-state index contributed by atoms with van der Waals surface area (Å²) in [6, 6.07) is 6.71. The lowest BCUT2D eigenvalue weighted by molar-refractivity contribution is 0.0904. The van der Waals surface area contributed by atoms with E-state index in [0.29, 0.717) is 42.1 Å². The van der Waals surface area contributed by atoms with Crippen molar-refractivity contribution in [2.24, 2.45) is 5.73 Å². The van der Waals surface area contributed by atoms with Crippen molar-refractivity contribution in [3.63, 3.8) is 0 Å². The maximum atomic E-state index is 12.5. The summed E-state index contributed by atoms with van der Waals surface area (Å²) in [4.78, 5) is 33.6. The van der Waals surface area contributed by atoms with E-state index in [9.17, 15) is 4.79 Å². The Morgan fingerprint density at radius 1 is 1.02 bits per heavy atom. The van der Waals surface area contributed by atoms with Gasteiger partial charge in [0.15, 0.2) is 23.7 Å². The van der Waals surface area contributed by atoms with Crippen molar-refractivity contribution in [1.82, 2.24) is 24.8 Å². The fourth-order valence-electron chi connectivity index (χ4n) is 6.15. The first-order valence-electron chi connectivity index (χ1n) is 15.1. The molecule has 0 bridgehead atoms. The van der Waals surface area contributed by atoms with Crippen LogP contribution in [0.1, 0.15) is 36.2 Å². The maximum absolute atomic E-state index is 12.5. The standard InChI is InChI=1S/C30H41N9O4/c1-37-11-13-38(14-12-37)22-5-9-39(10-6-22)24-4-3-21(17-25(24)41-2)34-30-27(28(31)40)35-26(23-18-43-19-32-23)29(36-30)33-20-7-15-42-16-8-20/h3-4,17-20,22H,5-16H2,1-2H3,(H2,31,40)(H2,33,34,36). The van der Waals surface area contributed by atoms with Crippen molar-refractivity contribution in [2.75, 3.05) is 82.2 Å². The molecule has 0 spiro atoms. The van der Waals surface area contributed by atoms with E-state index in [1.807, 2.05) is 12.1 Å². The van der Waals surface area contributed by atoms with Crippen LogP contribution in [0.2, 0.25) is 0 Å². The van der Waals surface area contributed by atoms with E-state index in [1.54, 1.807) is 7.11 Å². The van der Waals surface area contributed by atoms with Crippen molar-refractivity contribution < 1.29 is 18.7 Å². The molecule has 4 N–H and O–H groups in total. The van der Waals surface area contributed by atoms with Crippen molar-refractivity contribution in [3.05, 3.63) is 36.5 Å². The minimum absolute atomic E-state index is 0.00421. The van der Waals surface area contributed by atoms with Crippen LogP contribution in [0.5, 0.6) is 5.75 Å². The zero-order valence-corrected chi connectivity index (χ0v) is 24.9. The number of piperazine rings is 1. The van der Waals surface area contributed by atoms with E-state index in [0.717, 1.165) is 76.4 Å². The number of methoxy groups -OCH3 is 1. The molecule has 2 aromatic heterocycles. The SMILES string of the molecule is COc1cc(Nc2nc(NC3CCOCC3)c(-c3cocn3)nc2C(N)=O)ccc1N1CCC(N2CCN(C)CC2)CC1. The van der Waals surface area contributed by atoms with Crippen molar-refractivity contribution in [2.45, 2.75) is 37.8 Å². The molecule has 3 saturated heterocycles. The smallest absolute Gasteiger partial charge is 0.271 e. The number of rotatable bonds is 9. The molecule has 0 saturated carbocycles. The molecular weight excluding hydrogens is 550 g/mol. The summed E-state index contributed by atoms with van der Waals surface area (Å²) in [6.45, 7) is 7.84. The predicted octanol–water partition coefficient (Wildman–Crippen LogP) is 2.79. The number of nitrogens with zero attached hydrogens (tertiary/aromatic N) is 6. The summed E-state index contributed by atoms with van der Waals surface area (Å²) in [5, 5.41) is 6.74. The average Bonchev–Trinajstić information content (AvgIpc) is 3.57. The van der Waals surface area contributed by atoms with Crippen molar-refractivity contribution in [1.29, 1.82) is 0 Å². The van der Waals surface area contributed by atoms with E-state index in [-0.39, 0.29) is 17.6 Å². The molecule has 0 aliphatic carbocycles. The highest BCUT2D eigenvalue weighted by Crippen LogP contribution is 2.36. The molecule has 0 unspecified atom stereocenters. The lowest BCUT2D eigenvalue weighted by Gasteiger charge is -2.42. The molecule has 3 aliphatic rings. The van der Waals surface area contributed by atoms with Crippen LogP contribution in [0, 0.1) is 0 Å². The molecule has 1 amide bonds. The summed E-state index contributed by atoms with van der Waals surface area (Å²) < 4.78 is 16.5. The van der Waals surface area contributed by atoms with Gasteiger partial charge in [0.25, 0.3) is 5.91 Å². The Morgan fingerprint density at radius 2 is 1.79 bits per heavy atom. The first-order chi connectivity index (χ1) is 21.0. The molecule has 6 rings (SSSR count). The minimum Gasteiger partial charge on any atom is -0.495 e. The summed E-state index contributed by atoms with van der Waals surface area (Å²) >= 11 is 0. The number of carbonyl (C=O) groups is 1. The number of piperidine rings is 1. The third-order valence-electron chi connectivity index (χ3n) is 8.67. The number of primary amides is 1. The number of ether oxygens (including phenoxy) is 2. The Bertz CT molecular complexity index is 1380. The Hall–Kier alpha value is -3.94. The van der Waals surface area contributed by atoms with Gasteiger partial charge in [0.1, 0.15) is 23.4 Å². The van der Waals surface area contributed by atoms with Gasteiger partial charge in [-0.05, 0) is 44.9 Å². The van der Waals surface area contributed by atoms with Crippen LogP contribution in [0.15, 0.2) is 35.3 Å². The number of carbonyl (C=O) groups excluding carboxylic acids is 1. The lowest BCUT2D eigenvalue weighted by Crippen LogP contribution is -2.52. The minimum atomic E-state index is -0.704. The molecule has 1 aromatic carbocycles. The molecule has 43 heavy (non-hydrogen) atoms. The summed E-state index contributed by atoms with van der Waals surface area (Å²) in [5.74, 6) is 0.776. The fourth-order valence-corrected chi connectivity index (χ4v) is 6.15. The molecule has 0 atom stereocenters. The highest BCUT2D eigenvalue weighted by atomic mass is 16.5. The summed E-state index contributed by atoms with van der Waals surface area (Å²) in [5.41, 5.74) is 8.39. The number of amides is 1. The monoisotopic (exact) mass is 591 g/mol. The molecule has 0 radical (unpaired) electrons. The van der Waals surface area contributed by atoms with Crippen LogP contribution < -0.4 is 26.0 Å². The van der Waals surface area contributed by atoms with E-state index in [2.05, 4.69) is 48.4 Å². The second-order valence-electron chi connectivity index (χ2n) is 11.5. The van der Waals surface area contributed by atoms with Crippen LogP contribution in [-0.2, 0) is 4.74 Å². The molecule has 230 valence electrons. The second-order valence-corrected chi connectivity index (χ2v) is 11.5. The fraction of sp³-hybridized carbons (Fsp3) is 0.533. The van der Waals surface area contributed by atoms with Gasteiger partial charge in [-0.1, -0.05) is 0 Å². The normalized spacial score (nSPS) is 19.3. The summed E-state index contributed by atoms with van der Waals surface area (Å²) in [6.07, 6.45) is 6.69. The zero-order chi connectivity index (χ0) is 29.8. The number of benzene rings is 1. The van der Waals surface area contributed by atoms with Crippen LogP contribution in [-0.4, -0.2) is 109 Å². The molecule has 13 heteroatoms. The number of anilines is 4. The maximum Gasteiger partial charge on any atom is 0.271 e. The second kappa shape index (κ2) is 13.1. The Balaban J connectivity index is 1.22. The largest absolute Gasteiger partial charge is 0.495 e. The lowest BCUT2D eigenvalue weighted by atomic mass is 10.0. The number of hydrogen-bond acceptors (Lipinski definition) is 12. The van der Waals surface area contributed by atoms with Crippen LogP contribution in [0.3, 0.4) is 0 Å².